The highest BCUT2D eigenvalue weighted by Crippen LogP contribution is 2.51. The van der Waals surface area contributed by atoms with E-state index in [9.17, 15) is 10.2 Å². The van der Waals surface area contributed by atoms with Crippen LogP contribution in [0, 0.1) is 5.92 Å². The highest BCUT2D eigenvalue weighted by Gasteiger charge is 2.52. The predicted molar refractivity (Wildman–Crippen MR) is 73.2 cm³/mol. The maximum absolute atomic E-state index is 10.3. The molecule has 1 aliphatic carbocycles. The first-order valence-corrected chi connectivity index (χ1v) is 7.11. The second kappa shape index (κ2) is 5.85. The zero-order chi connectivity index (χ0) is 13.0. The maximum atomic E-state index is 10.3. The minimum atomic E-state index is -0.481. The first-order valence-electron chi connectivity index (χ1n) is 7.11. The number of rotatable bonds is 7. The minimum Gasteiger partial charge on any atom is -0.390 e. The van der Waals surface area contributed by atoms with Gasteiger partial charge in [0.05, 0.1) is 11.7 Å². The van der Waals surface area contributed by atoms with Gasteiger partial charge in [0.2, 0.25) is 0 Å². The van der Waals surface area contributed by atoms with Gasteiger partial charge in [0, 0.05) is 0 Å². The number of benzene rings is 1. The summed E-state index contributed by atoms with van der Waals surface area (Å²) in [6, 6.07) is 9.73. The van der Waals surface area contributed by atoms with Gasteiger partial charge >= 0.3 is 0 Å². The molecule has 1 saturated carbocycles. The fourth-order valence-electron chi connectivity index (χ4n) is 2.74. The fraction of sp³-hybridized carbons (Fsp3) is 0.625. The van der Waals surface area contributed by atoms with Crippen LogP contribution in [0.1, 0.15) is 57.1 Å². The van der Waals surface area contributed by atoms with Gasteiger partial charge in [0.1, 0.15) is 0 Å². The van der Waals surface area contributed by atoms with E-state index in [0.717, 1.165) is 24.8 Å². The van der Waals surface area contributed by atoms with Gasteiger partial charge in [-0.15, -0.1) is 0 Å². The number of unbranched alkanes of at least 4 members (excludes halogenated alkanes) is 2. The Balaban J connectivity index is 1.78. The first kappa shape index (κ1) is 13.6. The van der Waals surface area contributed by atoms with Crippen molar-refractivity contribution in [2.45, 2.75) is 57.2 Å². The van der Waals surface area contributed by atoms with Crippen molar-refractivity contribution in [3.05, 3.63) is 35.9 Å². The Hall–Kier alpha value is -0.860. The molecule has 0 amide bonds. The van der Waals surface area contributed by atoms with Crippen molar-refractivity contribution in [2.75, 3.05) is 0 Å². The van der Waals surface area contributed by atoms with E-state index >= 15 is 0 Å². The Labute approximate surface area is 110 Å². The fourth-order valence-corrected chi connectivity index (χ4v) is 2.74. The molecule has 0 radical (unpaired) electrons. The number of hydrogen-bond acceptors (Lipinski definition) is 2. The van der Waals surface area contributed by atoms with Crippen molar-refractivity contribution in [1.29, 1.82) is 0 Å². The van der Waals surface area contributed by atoms with Crippen LogP contribution in [0.2, 0.25) is 0 Å². The van der Waals surface area contributed by atoms with Crippen LogP contribution < -0.4 is 0 Å². The van der Waals surface area contributed by atoms with Gasteiger partial charge in [-0.3, -0.25) is 0 Å². The molecule has 2 heteroatoms. The van der Waals surface area contributed by atoms with Crippen molar-refractivity contribution in [3.63, 3.8) is 0 Å². The van der Waals surface area contributed by atoms with Crippen LogP contribution in [0.3, 0.4) is 0 Å². The Morgan fingerprint density at radius 1 is 1.28 bits per heavy atom. The zero-order valence-corrected chi connectivity index (χ0v) is 11.2. The summed E-state index contributed by atoms with van der Waals surface area (Å²) in [7, 11) is 0. The summed E-state index contributed by atoms with van der Waals surface area (Å²) in [6.45, 7) is 2.17. The largest absolute Gasteiger partial charge is 0.390 e. The Morgan fingerprint density at radius 3 is 2.67 bits per heavy atom. The molecule has 3 atom stereocenters. The van der Waals surface area contributed by atoms with Gasteiger partial charge in [0.15, 0.2) is 0 Å². The van der Waals surface area contributed by atoms with Crippen molar-refractivity contribution >= 4 is 0 Å². The molecule has 0 bridgehead atoms. The summed E-state index contributed by atoms with van der Waals surface area (Å²) in [5.41, 5.74) is 0.477. The van der Waals surface area contributed by atoms with Crippen LogP contribution in [0.15, 0.2) is 30.3 Å². The van der Waals surface area contributed by atoms with E-state index in [1.165, 1.54) is 12.8 Å². The standard InChI is InChI=1S/C16H24O2/c1-2-3-7-10-16(18)12-14(16)11-15(17)13-8-5-4-6-9-13/h4-6,8-9,14-15,17-18H,2-3,7,10-12H2,1H3/t14-,15-,16+/m1/s1. The van der Waals surface area contributed by atoms with Gasteiger partial charge in [-0.05, 0) is 30.7 Å². The monoisotopic (exact) mass is 248 g/mol. The molecule has 2 rings (SSSR count). The normalized spacial score (nSPS) is 28.1. The lowest BCUT2D eigenvalue weighted by molar-refractivity contribution is 0.0927. The van der Waals surface area contributed by atoms with Crippen LogP contribution >= 0.6 is 0 Å². The molecule has 18 heavy (non-hydrogen) atoms. The smallest absolute Gasteiger partial charge is 0.0793 e. The van der Waals surface area contributed by atoms with E-state index in [1.54, 1.807) is 0 Å². The minimum absolute atomic E-state index is 0.282. The predicted octanol–water partition coefficient (Wildman–Crippen LogP) is 3.44. The molecule has 0 spiro atoms. The van der Waals surface area contributed by atoms with Crippen LogP contribution in [0.4, 0.5) is 0 Å². The van der Waals surface area contributed by atoms with E-state index in [2.05, 4.69) is 6.92 Å². The quantitative estimate of drug-likeness (QED) is 0.726. The summed E-state index contributed by atoms with van der Waals surface area (Å²) in [5, 5.41) is 20.4. The summed E-state index contributed by atoms with van der Waals surface area (Å²) in [5.74, 6) is 0.282. The molecule has 2 nitrogen and oxygen atoms in total. The van der Waals surface area contributed by atoms with Crippen molar-refractivity contribution in [3.8, 4) is 0 Å². The lowest BCUT2D eigenvalue weighted by Crippen LogP contribution is -2.12. The molecular weight excluding hydrogens is 224 g/mol. The van der Waals surface area contributed by atoms with Crippen molar-refractivity contribution in [2.24, 2.45) is 5.92 Å². The SMILES string of the molecule is CCCCC[C@]1(O)C[C@H]1C[C@@H](O)c1ccccc1. The zero-order valence-electron chi connectivity index (χ0n) is 11.2. The lowest BCUT2D eigenvalue weighted by atomic mass is 10.0. The summed E-state index contributed by atoms with van der Waals surface area (Å²) in [6.07, 6.45) is 5.49. The van der Waals surface area contributed by atoms with Crippen molar-refractivity contribution in [1.82, 2.24) is 0 Å². The van der Waals surface area contributed by atoms with Crippen LogP contribution in [-0.2, 0) is 0 Å². The molecule has 2 N–H and O–H groups in total. The first-order chi connectivity index (χ1) is 8.65. The molecule has 1 aromatic carbocycles. The van der Waals surface area contributed by atoms with E-state index in [-0.39, 0.29) is 5.92 Å². The van der Waals surface area contributed by atoms with Crippen LogP contribution in [0.5, 0.6) is 0 Å². The molecular formula is C16H24O2. The Morgan fingerprint density at radius 2 is 2.00 bits per heavy atom. The highest BCUT2D eigenvalue weighted by molar-refractivity contribution is 5.18. The van der Waals surface area contributed by atoms with Crippen LogP contribution in [0.25, 0.3) is 0 Å². The maximum Gasteiger partial charge on any atom is 0.0793 e. The van der Waals surface area contributed by atoms with Gasteiger partial charge < -0.3 is 10.2 Å². The molecule has 0 aromatic heterocycles. The number of aliphatic hydroxyl groups is 2. The van der Waals surface area contributed by atoms with Gasteiger partial charge in [0.25, 0.3) is 0 Å². The van der Waals surface area contributed by atoms with E-state index in [4.69, 9.17) is 0 Å². The summed E-state index contributed by atoms with van der Waals surface area (Å²) < 4.78 is 0. The van der Waals surface area contributed by atoms with Gasteiger partial charge in [-0.1, -0.05) is 56.5 Å². The Kier molecular flexibility index (Phi) is 4.41. The third-order valence-electron chi connectivity index (χ3n) is 4.11. The molecule has 0 heterocycles. The molecule has 1 aliphatic rings. The number of aliphatic hydroxyl groups excluding tert-OH is 1. The second-order valence-electron chi connectivity index (χ2n) is 5.62. The van der Waals surface area contributed by atoms with Gasteiger partial charge in [-0.2, -0.15) is 0 Å². The van der Waals surface area contributed by atoms with E-state index < -0.39 is 11.7 Å². The van der Waals surface area contributed by atoms with Crippen LogP contribution in [-0.4, -0.2) is 15.8 Å². The molecule has 0 saturated heterocycles. The topological polar surface area (TPSA) is 40.5 Å². The number of hydrogen-bond donors (Lipinski definition) is 2. The summed E-state index contributed by atoms with van der Waals surface area (Å²) >= 11 is 0. The lowest BCUT2D eigenvalue weighted by Gasteiger charge is -2.14. The molecule has 0 aliphatic heterocycles. The van der Waals surface area contributed by atoms with E-state index in [0.29, 0.717) is 6.42 Å². The summed E-state index contributed by atoms with van der Waals surface area (Å²) in [4.78, 5) is 0. The highest BCUT2D eigenvalue weighted by atomic mass is 16.3. The second-order valence-corrected chi connectivity index (χ2v) is 5.62. The third kappa shape index (κ3) is 3.33. The average molecular weight is 248 g/mol. The van der Waals surface area contributed by atoms with E-state index in [1.807, 2.05) is 30.3 Å². The van der Waals surface area contributed by atoms with Gasteiger partial charge in [-0.25, -0.2) is 0 Å². The van der Waals surface area contributed by atoms with Crippen molar-refractivity contribution < 1.29 is 10.2 Å². The molecule has 1 aromatic rings. The Bertz CT molecular complexity index is 363. The molecule has 1 fully saturated rings. The average Bonchev–Trinajstić information content (AvgIpc) is 3.01. The molecule has 0 unspecified atom stereocenters. The third-order valence-corrected chi connectivity index (χ3v) is 4.11. The molecule has 100 valence electrons.